The summed E-state index contributed by atoms with van der Waals surface area (Å²) in [4.78, 5) is 36.4. The fourth-order valence-corrected chi connectivity index (χ4v) is 3.48. The molecule has 0 unspecified atom stereocenters. The van der Waals surface area contributed by atoms with Gasteiger partial charge in [-0.3, -0.25) is 14.8 Å². The smallest absolute Gasteiger partial charge is 0.274 e. The number of likely N-dealkylation sites (tertiary alicyclic amines) is 1. The molecule has 1 aliphatic rings. The molecule has 0 saturated carbocycles. The number of carbonyl (C=O) groups is 1. The molecule has 0 atom stereocenters. The van der Waals surface area contributed by atoms with E-state index in [4.69, 9.17) is 4.98 Å². The van der Waals surface area contributed by atoms with E-state index >= 15 is 0 Å². The third-order valence-corrected chi connectivity index (χ3v) is 5.34. The van der Waals surface area contributed by atoms with Crippen molar-refractivity contribution in [2.75, 3.05) is 13.1 Å². The number of piperidine rings is 1. The SMILES string of the molecule is Cc1cnc(C(=O)N2CCC(c3cncc(-c4cnc(C)n4C)n3)CC2)cn1. The molecule has 1 saturated heterocycles. The monoisotopic (exact) mass is 377 g/mol. The van der Waals surface area contributed by atoms with Crippen LogP contribution in [0, 0.1) is 13.8 Å². The zero-order valence-corrected chi connectivity index (χ0v) is 16.3. The van der Waals surface area contributed by atoms with Crippen molar-refractivity contribution in [3.8, 4) is 11.4 Å². The van der Waals surface area contributed by atoms with E-state index in [1.807, 2.05) is 42.8 Å². The van der Waals surface area contributed by atoms with Crippen molar-refractivity contribution in [2.24, 2.45) is 7.05 Å². The van der Waals surface area contributed by atoms with Gasteiger partial charge in [0.2, 0.25) is 0 Å². The summed E-state index contributed by atoms with van der Waals surface area (Å²) in [5.41, 5.74) is 3.96. The van der Waals surface area contributed by atoms with Crippen LogP contribution in [0.1, 0.15) is 46.5 Å². The van der Waals surface area contributed by atoms with Crippen molar-refractivity contribution in [3.63, 3.8) is 0 Å². The third kappa shape index (κ3) is 3.49. The van der Waals surface area contributed by atoms with Crippen LogP contribution in [0.15, 0.2) is 31.0 Å². The van der Waals surface area contributed by atoms with Crippen LogP contribution in [0.25, 0.3) is 11.4 Å². The molecule has 3 aromatic heterocycles. The lowest BCUT2D eigenvalue weighted by atomic mass is 9.93. The molecule has 1 fully saturated rings. The number of imidazole rings is 1. The Morgan fingerprint density at radius 3 is 2.43 bits per heavy atom. The Balaban J connectivity index is 1.45. The predicted octanol–water partition coefficient (Wildman–Crippen LogP) is 2.30. The number of nitrogens with zero attached hydrogens (tertiary/aromatic N) is 7. The summed E-state index contributed by atoms with van der Waals surface area (Å²) >= 11 is 0. The summed E-state index contributed by atoms with van der Waals surface area (Å²) in [7, 11) is 1.98. The summed E-state index contributed by atoms with van der Waals surface area (Å²) in [5, 5.41) is 0. The molecule has 144 valence electrons. The maximum absolute atomic E-state index is 12.6. The third-order valence-electron chi connectivity index (χ3n) is 5.34. The van der Waals surface area contributed by atoms with Gasteiger partial charge in [0.1, 0.15) is 17.2 Å². The first kappa shape index (κ1) is 18.2. The molecule has 8 heteroatoms. The van der Waals surface area contributed by atoms with Crippen molar-refractivity contribution in [1.29, 1.82) is 0 Å². The van der Waals surface area contributed by atoms with E-state index in [2.05, 4.69) is 19.9 Å². The fraction of sp³-hybridized carbons (Fsp3) is 0.400. The number of carbonyl (C=O) groups excluding carboxylic acids is 1. The number of rotatable bonds is 3. The molecule has 4 rings (SSSR count). The lowest BCUT2D eigenvalue weighted by Gasteiger charge is -2.31. The normalized spacial score (nSPS) is 15.0. The number of amides is 1. The van der Waals surface area contributed by atoms with Crippen LogP contribution in [0.4, 0.5) is 0 Å². The standard InChI is InChI=1S/C20H23N7O/c1-13-8-24-18(11-22-13)20(28)27-6-4-15(5-7-27)16-9-21-10-17(25-16)19-12-23-14(2)26(19)3/h8-12,15H,4-7H2,1-3H3. The maximum atomic E-state index is 12.6. The molecule has 0 bridgehead atoms. The van der Waals surface area contributed by atoms with Gasteiger partial charge in [-0.25, -0.2) is 15.0 Å². The highest BCUT2D eigenvalue weighted by molar-refractivity contribution is 5.92. The molecule has 0 aromatic carbocycles. The van der Waals surface area contributed by atoms with E-state index in [9.17, 15) is 4.79 Å². The molecule has 28 heavy (non-hydrogen) atoms. The average molecular weight is 377 g/mol. The van der Waals surface area contributed by atoms with E-state index in [1.165, 1.54) is 0 Å². The molecule has 4 heterocycles. The number of hydrogen-bond donors (Lipinski definition) is 0. The van der Waals surface area contributed by atoms with Gasteiger partial charge in [0.25, 0.3) is 5.91 Å². The van der Waals surface area contributed by atoms with Gasteiger partial charge in [-0.05, 0) is 26.7 Å². The highest BCUT2D eigenvalue weighted by Crippen LogP contribution is 2.28. The molecule has 0 N–H and O–H groups in total. The second-order valence-electron chi connectivity index (χ2n) is 7.19. The van der Waals surface area contributed by atoms with Crippen molar-refractivity contribution < 1.29 is 4.79 Å². The second kappa shape index (κ2) is 7.46. The first-order valence-electron chi connectivity index (χ1n) is 9.41. The quantitative estimate of drug-likeness (QED) is 0.696. The van der Waals surface area contributed by atoms with Crippen LogP contribution in [0.3, 0.4) is 0 Å². The van der Waals surface area contributed by atoms with Crippen LogP contribution in [0.2, 0.25) is 0 Å². The van der Waals surface area contributed by atoms with E-state index in [0.717, 1.165) is 41.4 Å². The Hall–Kier alpha value is -3.16. The zero-order chi connectivity index (χ0) is 19.7. The molecule has 8 nitrogen and oxygen atoms in total. The van der Waals surface area contributed by atoms with E-state index in [-0.39, 0.29) is 11.8 Å². The Labute approximate surface area is 163 Å². The van der Waals surface area contributed by atoms with Gasteiger partial charge in [0.15, 0.2) is 0 Å². The largest absolute Gasteiger partial charge is 0.337 e. The second-order valence-corrected chi connectivity index (χ2v) is 7.19. The van der Waals surface area contributed by atoms with Crippen LogP contribution in [-0.2, 0) is 7.05 Å². The summed E-state index contributed by atoms with van der Waals surface area (Å²) in [5.74, 6) is 1.17. The van der Waals surface area contributed by atoms with Crippen molar-refractivity contribution in [3.05, 3.63) is 53.9 Å². The number of hydrogen-bond acceptors (Lipinski definition) is 6. The zero-order valence-electron chi connectivity index (χ0n) is 16.3. The van der Waals surface area contributed by atoms with E-state index in [0.29, 0.717) is 18.8 Å². The minimum atomic E-state index is -0.0591. The molecular weight excluding hydrogens is 354 g/mol. The Morgan fingerprint density at radius 1 is 1.00 bits per heavy atom. The molecule has 1 amide bonds. The fourth-order valence-electron chi connectivity index (χ4n) is 3.48. The van der Waals surface area contributed by atoms with Gasteiger partial charge in [0, 0.05) is 38.4 Å². The summed E-state index contributed by atoms with van der Waals surface area (Å²) in [6, 6.07) is 0. The lowest BCUT2D eigenvalue weighted by molar-refractivity contribution is 0.0705. The van der Waals surface area contributed by atoms with Crippen molar-refractivity contribution >= 4 is 5.91 Å². The van der Waals surface area contributed by atoms with Gasteiger partial charge < -0.3 is 9.47 Å². The van der Waals surface area contributed by atoms with Gasteiger partial charge in [-0.15, -0.1) is 0 Å². The maximum Gasteiger partial charge on any atom is 0.274 e. The Kier molecular flexibility index (Phi) is 4.85. The van der Waals surface area contributed by atoms with Crippen LogP contribution in [0.5, 0.6) is 0 Å². The van der Waals surface area contributed by atoms with Gasteiger partial charge in [-0.1, -0.05) is 0 Å². The van der Waals surface area contributed by atoms with E-state index in [1.54, 1.807) is 18.6 Å². The highest BCUT2D eigenvalue weighted by atomic mass is 16.2. The van der Waals surface area contributed by atoms with Crippen LogP contribution in [-0.4, -0.2) is 53.4 Å². The van der Waals surface area contributed by atoms with Gasteiger partial charge in [-0.2, -0.15) is 0 Å². The average Bonchev–Trinajstić information content (AvgIpc) is 3.07. The number of aromatic nitrogens is 6. The Morgan fingerprint density at radius 2 is 1.79 bits per heavy atom. The van der Waals surface area contributed by atoms with Crippen molar-refractivity contribution in [2.45, 2.75) is 32.6 Å². The first-order chi connectivity index (χ1) is 13.5. The van der Waals surface area contributed by atoms with Crippen LogP contribution >= 0.6 is 0 Å². The van der Waals surface area contributed by atoms with Crippen molar-refractivity contribution in [1.82, 2.24) is 34.4 Å². The molecule has 0 aliphatic carbocycles. The molecule has 1 aliphatic heterocycles. The summed E-state index contributed by atoms with van der Waals surface area (Å²) in [6.07, 6.45) is 10.3. The minimum Gasteiger partial charge on any atom is -0.337 e. The van der Waals surface area contributed by atoms with Gasteiger partial charge >= 0.3 is 0 Å². The van der Waals surface area contributed by atoms with Crippen LogP contribution < -0.4 is 0 Å². The minimum absolute atomic E-state index is 0.0591. The Bertz CT molecular complexity index is 988. The van der Waals surface area contributed by atoms with E-state index < -0.39 is 0 Å². The molecular formula is C20H23N7O. The summed E-state index contributed by atoms with van der Waals surface area (Å²) in [6.45, 7) is 5.17. The predicted molar refractivity (Wildman–Crippen MR) is 104 cm³/mol. The molecule has 0 radical (unpaired) electrons. The lowest BCUT2D eigenvalue weighted by Crippen LogP contribution is -2.38. The topological polar surface area (TPSA) is 89.7 Å². The van der Waals surface area contributed by atoms with Gasteiger partial charge in [0.05, 0.1) is 35.7 Å². The first-order valence-corrected chi connectivity index (χ1v) is 9.41. The molecule has 3 aromatic rings. The highest BCUT2D eigenvalue weighted by Gasteiger charge is 2.26. The number of aryl methyl sites for hydroxylation is 2. The summed E-state index contributed by atoms with van der Waals surface area (Å²) < 4.78 is 2.01. The molecule has 0 spiro atoms.